The van der Waals surface area contributed by atoms with Gasteiger partial charge in [0.15, 0.2) is 0 Å². The zero-order chi connectivity index (χ0) is 4.50. The summed E-state index contributed by atoms with van der Waals surface area (Å²) in [6.45, 7) is 0. The molecule has 6 heteroatoms. The van der Waals surface area contributed by atoms with Crippen molar-refractivity contribution in [2.45, 2.75) is 6.43 Å². The fraction of sp³-hybridized carbons (Fsp3) is 1.00. The fourth-order valence-electron chi connectivity index (χ4n) is 0. The van der Waals surface area contributed by atoms with Crippen LogP contribution in [0.5, 0.6) is 0 Å². The van der Waals surface area contributed by atoms with E-state index < -0.39 is 6.43 Å². The summed E-state index contributed by atoms with van der Waals surface area (Å²) in [7, 11) is 0. The summed E-state index contributed by atoms with van der Waals surface area (Å²) >= 11 is 0. The van der Waals surface area contributed by atoms with Gasteiger partial charge in [0, 0.05) is 0 Å². The zero-order valence-electron chi connectivity index (χ0n) is 2.92. The van der Waals surface area contributed by atoms with Crippen LogP contribution in [0.3, 0.4) is 0 Å². The summed E-state index contributed by atoms with van der Waals surface area (Å²) < 4.78 is 38.8. The van der Waals surface area contributed by atoms with Crippen LogP contribution in [0.25, 0.3) is 0 Å². The number of halogens is 5. The number of rotatable bonds is 0. The smallest absolute Gasteiger partial charge is 0.412 e. The van der Waals surface area contributed by atoms with Crippen molar-refractivity contribution in [3.8, 4) is 0 Å². The van der Waals surface area contributed by atoms with E-state index in [9.17, 15) is 17.6 Å². The van der Waals surface area contributed by atoms with E-state index >= 15 is 0 Å². The second-order valence-electron chi connectivity index (χ2n) is 0.429. The Balaban J connectivity index is -0.0000000800. The van der Waals surface area contributed by atoms with Crippen molar-refractivity contribution < 1.29 is 27.7 Å². The van der Waals surface area contributed by atoms with Gasteiger partial charge in [0.25, 0.3) is 0 Å². The van der Waals surface area contributed by atoms with E-state index in [1.165, 1.54) is 0 Å². The van der Waals surface area contributed by atoms with Crippen molar-refractivity contribution in [1.29, 1.82) is 0 Å². The van der Waals surface area contributed by atoms with Gasteiger partial charge in [-0.25, -0.2) is 0 Å². The van der Waals surface area contributed by atoms with Crippen molar-refractivity contribution in [3.63, 3.8) is 0 Å². The molecule has 0 fully saturated rings. The lowest BCUT2D eigenvalue weighted by molar-refractivity contribution is -0.237. The maximum Gasteiger partial charge on any atom is 0.559 e. The van der Waals surface area contributed by atoms with Gasteiger partial charge >= 0.3 is 6.43 Å². The molecule has 0 bridgehead atoms. The average molecular weight is 126 g/mol. The van der Waals surface area contributed by atoms with Crippen LogP contribution >= 0.6 is 0 Å². The first kappa shape index (κ1) is 16.0. The highest BCUT2D eigenvalue weighted by Gasteiger charge is 2.24. The van der Waals surface area contributed by atoms with E-state index in [1.54, 1.807) is 0 Å². The zero-order valence-corrected chi connectivity index (χ0v) is 2.92. The van der Waals surface area contributed by atoms with Gasteiger partial charge in [0.1, 0.15) is 0 Å². The molecular formula is CH3F5O. The molecule has 0 aromatic heterocycles. The highest BCUT2D eigenvalue weighted by molar-refractivity contribution is 4.08. The molecule has 0 unspecified atom stereocenters. The molecule has 0 atom stereocenters. The molecule has 0 amide bonds. The first-order chi connectivity index (χ1) is 2.00. The molecule has 0 radical (unpaired) electrons. The number of hydrogen-bond donors (Lipinski definition) is 0. The van der Waals surface area contributed by atoms with Gasteiger partial charge in [-0.05, 0) is 0 Å². The first-order valence-electron chi connectivity index (χ1n) is 0.756. The summed E-state index contributed by atoms with van der Waals surface area (Å²) in [4.78, 5) is 0. The van der Waals surface area contributed by atoms with E-state index in [4.69, 9.17) is 0 Å². The van der Waals surface area contributed by atoms with Gasteiger partial charge in [0.2, 0.25) is 0 Å². The lowest BCUT2D eigenvalue weighted by Gasteiger charge is -1.82. The van der Waals surface area contributed by atoms with Gasteiger partial charge in [-0.15, -0.1) is 17.6 Å². The van der Waals surface area contributed by atoms with Crippen LogP contribution in [0.1, 0.15) is 0 Å². The topological polar surface area (TPSA) is 31.5 Å². The molecule has 0 aliphatic rings. The number of alkyl halides is 4. The van der Waals surface area contributed by atoms with Crippen LogP contribution < -0.4 is 0 Å². The third kappa shape index (κ3) is 481. The summed E-state index contributed by atoms with van der Waals surface area (Å²) in [6, 6.07) is 0. The van der Waals surface area contributed by atoms with Crippen molar-refractivity contribution in [3.05, 3.63) is 0 Å². The molecule has 2 N–H and O–H groups in total. The lowest BCUT2D eigenvalue weighted by atomic mass is 11.5. The van der Waals surface area contributed by atoms with E-state index in [0.717, 1.165) is 0 Å². The maximum absolute atomic E-state index is 9.69. The molecule has 0 rings (SSSR count). The molecule has 0 aliphatic heterocycles. The van der Waals surface area contributed by atoms with Crippen molar-refractivity contribution in [1.82, 2.24) is 0 Å². The Morgan fingerprint density at radius 3 is 0.857 bits per heavy atom. The highest BCUT2D eigenvalue weighted by Crippen LogP contribution is 2.13. The molecule has 0 aromatic rings. The molecule has 48 valence electrons. The van der Waals surface area contributed by atoms with E-state index in [0.29, 0.717) is 0 Å². The third-order valence-corrected chi connectivity index (χ3v) is 0. The molecule has 0 saturated heterocycles. The first-order valence-corrected chi connectivity index (χ1v) is 0.756. The molecule has 0 heterocycles. The minimum absolute atomic E-state index is 0. The SMILES string of the molecule is F.FC(F)(F)F.O. The minimum atomic E-state index is -5.50. The Hall–Kier alpha value is -0.390. The molecule has 7 heavy (non-hydrogen) atoms. The molecule has 0 spiro atoms. The monoisotopic (exact) mass is 126 g/mol. The van der Waals surface area contributed by atoms with Gasteiger partial charge in [-0.2, -0.15) is 0 Å². The molecule has 0 aliphatic carbocycles. The Labute approximate surface area is 35.6 Å². The summed E-state index contributed by atoms with van der Waals surface area (Å²) in [5.74, 6) is 0. The highest BCUT2D eigenvalue weighted by atomic mass is 19.5. The van der Waals surface area contributed by atoms with Gasteiger partial charge in [-0.3, -0.25) is 4.70 Å². The largest absolute Gasteiger partial charge is 0.559 e. The summed E-state index contributed by atoms with van der Waals surface area (Å²) in [5.41, 5.74) is 0. The quantitative estimate of drug-likeness (QED) is 0.430. The Kier molecular flexibility index (Phi) is 8.64. The van der Waals surface area contributed by atoms with Gasteiger partial charge in [0.05, 0.1) is 0 Å². The average Bonchev–Trinajstić information content (AvgIpc) is 0.722. The van der Waals surface area contributed by atoms with Crippen LogP contribution in [-0.4, -0.2) is 11.9 Å². The van der Waals surface area contributed by atoms with Crippen LogP contribution in [0.2, 0.25) is 0 Å². The summed E-state index contributed by atoms with van der Waals surface area (Å²) in [6.07, 6.45) is -5.50. The Bertz CT molecular complexity index is 23.6. The van der Waals surface area contributed by atoms with Crippen molar-refractivity contribution in [2.75, 3.05) is 0 Å². The standard InChI is InChI=1S/CF4.FH.H2O/c2-1(3,4)5;;/h;1H;1H2. The Morgan fingerprint density at radius 2 is 0.857 bits per heavy atom. The molecular weight excluding hydrogens is 123 g/mol. The number of hydrogen-bond acceptors (Lipinski definition) is 0. The van der Waals surface area contributed by atoms with Crippen LogP contribution in [0.4, 0.5) is 22.3 Å². The second kappa shape index (κ2) is 3.79. The van der Waals surface area contributed by atoms with Crippen LogP contribution in [0.15, 0.2) is 0 Å². The maximum atomic E-state index is 9.69. The predicted molar refractivity (Wildman–Crippen MR) is 13.3 cm³/mol. The molecule has 1 nitrogen and oxygen atoms in total. The molecule has 0 aromatic carbocycles. The van der Waals surface area contributed by atoms with E-state index in [2.05, 4.69) is 0 Å². The van der Waals surface area contributed by atoms with Gasteiger partial charge < -0.3 is 5.48 Å². The van der Waals surface area contributed by atoms with Crippen molar-refractivity contribution >= 4 is 0 Å². The normalized spacial score (nSPS) is 8.57. The molecule has 0 saturated carbocycles. The van der Waals surface area contributed by atoms with Gasteiger partial charge in [-0.1, -0.05) is 0 Å². The summed E-state index contributed by atoms with van der Waals surface area (Å²) in [5, 5.41) is 0. The third-order valence-electron chi connectivity index (χ3n) is 0. The fourth-order valence-corrected chi connectivity index (χ4v) is 0. The van der Waals surface area contributed by atoms with Crippen LogP contribution in [-0.2, 0) is 0 Å². The van der Waals surface area contributed by atoms with Crippen LogP contribution in [0, 0.1) is 0 Å². The van der Waals surface area contributed by atoms with E-state index in [1.807, 2.05) is 0 Å². The minimum Gasteiger partial charge on any atom is -0.412 e. The van der Waals surface area contributed by atoms with Crippen molar-refractivity contribution in [2.24, 2.45) is 0 Å². The predicted octanol–water partition coefficient (Wildman–Crippen LogP) is 0.803. The lowest BCUT2D eigenvalue weighted by Crippen LogP contribution is -1.92. The Morgan fingerprint density at radius 1 is 0.857 bits per heavy atom. The second-order valence-corrected chi connectivity index (χ2v) is 0.429. The van der Waals surface area contributed by atoms with E-state index in [-0.39, 0.29) is 10.2 Å².